The molecule has 2 rings (SSSR count). The van der Waals surface area contributed by atoms with Crippen molar-refractivity contribution in [1.29, 1.82) is 0 Å². The molecule has 0 saturated carbocycles. The third-order valence-electron chi connectivity index (χ3n) is 4.17. The lowest BCUT2D eigenvalue weighted by molar-refractivity contribution is -0.139. The molecule has 0 spiro atoms. The molecule has 0 aliphatic carbocycles. The Morgan fingerprint density at radius 1 is 1.48 bits per heavy atom. The minimum atomic E-state index is -3.02. The van der Waals surface area contributed by atoms with Gasteiger partial charge in [0.15, 0.2) is 9.84 Å². The van der Waals surface area contributed by atoms with Crippen molar-refractivity contribution in [1.82, 2.24) is 9.80 Å². The van der Waals surface area contributed by atoms with Gasteiger partial charge >= 0.3 is 5.97 Å². The largest absolute Gasteiger partial charge is 0.480 e. The summed E-state index contributed by atoms with van der Waals surface area (Å²) in [5.74, 6) is -0.715. The van der Waals surface area contributed by atoms with Crippen LogP contribution in [0, 0.1) is 0 Å². The molecule has 2 atom stereocenters. The van der Waals surface area contributed by atoms with E-state index in [1.807, 2.05) is 0 Å². The summed E-state index contributed by atoms with van der Waals surface area (Å²) >= 11 is 0. The van der Waals surface area contributed by atoms with Crippen molar-refractivity contribution in [2.75, 3.05) is 50.8 Å². The van der Waals surface area contributed by atoms with E-state index >= 15 is 0 Å². The third-order valence-corrected chi connectivity index (χ3v) is 5.92. The second-order valence-corrected chi connectivity index (χ2v) is 7.99. The highest BCUT2D eigenvalue weighted by atomic mass is 32.2. The van der Waals surface area contributed by atoms with Crippen molar-refractivity contribution in [2.45, 2.75) is 25.5 Å². The molecule has 21 heavy (non-hydrogen) atoms. The van der Waals surface area contributed by atoms with Gasteiger partial charge in [0.2, 0.25) is 0 Å². The highest BCUT2D eigenvalue weighted by Gasteiger charge is 2.35. The zero-order valence-electron chi connectivity index (χ0n) is 12.4. The molecular weight excluding hydrogens is 296 g/mol. The van der Waals surface area contributed by atoms with Crippen LogP contribution in [-0.2, 0) is 19.4 Å². The maximum absolute atomic E-state index is 11.6. The van der Waals surface area contributed by atoms with Crippen molar-refractivity contribution in [3.8, 4) is 0 Å². The van der Waals surface area contributed by atoms with Crippen molar-refractivity contribution in [2.24, 2.45) is 0 Å². The molecule has 122 valence electrons. The second-order valence-electron chi connectivity index (χ2n) is 5.77. The number of hydrogen-bond donors (Lipinski definition) is 1. The Morgan fingerprint density at radius 3 is 2.81 bits per heavy atom. The number of rotatable bonds is 6. The van der Waals surface area contributed by atoms with Crippen LogP contribution in [0.25, 0.3) is 0 Å². The van der Waals surface area contributed by atoms with Gasteiger partial charge in [-0.05, 0) is 13.0 Å². The van der Waals surface area contributed by atoms with Gasteiger partial charge in [-0.3, -0.25) is 14.6 Å². The van der Waals surface area contributed by atoms with Crippen LogP contribution < -0.4 is 0 Å². The number of aliphatic carboxylic acids is 1. The maximum atomic E-state index is 11.6. The average Bonchev–Trinajstić information content (AvgIpc) is 2.78. The van der Waals surface area contributed by atoms with E-state index in [2.05, 4.69) is 11.8 Å². The standard InChI is InChI=1S/C13H24N2O5S/c1-2-14-4-5-20-12(7-14)8-15(9-13(16)17)11-3-6-21(18,19)10-11/h11-12H,2-10H2,1H3,(H,16,17). The summed E-state index contributed by atoms with van der Waals surface area (Å²) in [4.78, 5) is 15.1. The topological polar surface area (TPSA) is 87.2 Å². The monoisotopic (exact) mass is 320 g/mol. The van der Waals surface area contributed by atoms with Gasteiger partial charge in [-0.15, -0.1) is 0 Å². The number of sulfone groups is 1. The first-order valence-corrected chi connectivity index (χ1v) is 9.22. The van der Waals surface area contributed by atoms with E-state index in [-0.39, 0.29) is 30.2 Å². The van der Waals surface area contributed by atoms with Crippen LogP contribution in [0.1, 0.15) is 13.3 Å². The Kier molecular flexibility index (Phi) is 5.59. The molecule has 0 radical (unpaired) electrons. The zero-order chi connectivity index (χ0) is 15.5. The predicted molar refractivity (Wildman–Crippen MR) is 78.1 cm³/mol. The Balaban J connectivity index is 1.98. The molecule has 8 heteroatoms. The van der Waals surface area contributed by atoms with E-state index in [0.29, 0.717) is 19.6 Å². The summed E-state index contributed by atoms with van der Waals surface area (Å²) in [5.41, 5.74) is 0. The lowest BCUT2D eigenvalue weighted by Crippen LogP contribution is -2.51. The molecule has 0 bridgehead atoms. The highest BCUT2D eigenvalue weighted by molar-refractivity contribution is 7.91. The van der Waals surface area contributed by atoms with Crippen LogP contribution in [-0.4, -0.2) is 92.3 Å². The van der Waals surface area contributed by atoms with Crippen molar-refractivity contribution in [3.05, 3.63) is 0 Å². The fourth-order valence-corrected chi connectivity index (χ4v) is 4.78. The van der Waals surface area contributed by atoms with Crippen molar-refractivity contribution >= 4 is 15.8 Å². The summed E-state index contributed by atoms with van der Waals surface area (Å²) in [7, 11) is -3.02. The zero-order valence-corrected chi connectivity index (χ0v) is 13.2. The third kappa shape index (κ3) is 4.91. The lowest BCUT2D eigenvalue weighted by atomic mass is 10.1. The smallest absolute Gasteiger partial charge is 0.317 e. The summed E-state index contributed by atoms with van der Waals surface area (Å²) in [6.45, 7) is 5.67. The molecule has 2 fully saturated rings. The summed E-state index contributed by atoms with van der Waals surface area (Å²) in [6, 6.07) is -0.202. The van der Waals surface area contributed by atoms with Gasteiger partial charge in [0, 0.05) is 25.7 Å². The van der Waals surface area contributed by atoms with E-state index < -0.39 is 15.8 Å². The van der Waals surface area contributed by atoms with E-state index in [1.54, 1.807) is 4.90 Å². The number of carbonyl (C=O) groups is 1. The molecule has 2 aliphatic rings. The van der Waals surface area contributed by atoms with Crippen molar-refractivity contribution < 1.29 is 23.1 Å². The molecule has 2 unspecified atom stereocenters. The second kappa shape index (κ2) is 7.04. The van der Waals surface area contributed by atoms with Gasteiger partial charge in [0.25, 0.3) is 0 Å². The number of likely N-dealkylation sites (N-methyl/N-ethyl adjacent to an activating group) is 1. The minimum absolute atomic E-state index is 0.0543. The SMILES string of the molecule is CCN1CCOC(CN(CC(=O)O)C2CCS(=O)(=O)C2)C1. The van der Waals surface area contributed by atoms with Gasteiger partial charge in [-0.2, -0.15) is 0 Å². The number of nitrogens with zero attached hydrogens (tertiary/aromatic N) is 2. The molecule has 0 amide bonds. The predicted octanol–water partition coefficient (Wildman–Crippen LogP) is -0.719. The number of carboxylic acid groups (broad SMARTS) is 1. The Morgan fingerprint density at radius 2 is 2.24 bits per heavy atom. The summed E-state index contributed by atoms with van der Waals surface area (Å²) < 4.78 is 28.9. The lowest BCUT2D eigenvalue weighted by Gasteiger charge is -2.36. The number of ether oxygens (including phenoxy) is 1. The molecule has 0 aromatic carbocycles. The fourth-order valence-electron chi connectivity index (χ4n) is 3.02. The number of hydrogen-bond acceptors (Lipinski definition) is 6. The Bertz CT molecular complexity index is 467. The highest BCUT2D eigenvalue weighted by Crippen LogP contribution is 2.19. The van der Waals surface area contributed by atoms with E-state index in [1.165, 1.54) is 0 Å². The summed E-state index contributed by atoms with van der Waals surface area (Å²) in [5, 5.41) is 9.06. The van der Waals surface area contributed by atoms with Crippen molar-refractivity contribution in [3.63, 3.8) is 0 Å². The Hall–Kier alpha value is -0.700. The van der Waals surface area contributed by atoms with Crippen LogP contribution in [0.15, 0.2) is 0 Å². The first kappa shape index (κ1) is 16.7. The average molecular weight is 320 g/mol. The van der Waals surface area contributed by atoms with E-state index in [4.69, 9.17) is 9.84 Å². The van der Waals surface area contributed by atoms with E-state index in [9.17, 15) is 13.2 Å². The van der Waals surface area contributed by atoms with Gasteiger partial charge < -0.3 is 9.84 Å². The number of morpholine rings is 1. The maximum Gasteiger partial charge on any atom is 0.317 e. The fraction of sp³-hybridized carbons (Fsp3) is 0.923. The van der Waals surface area contributed by atoms with Gasteiger partial charge in [-0.25, -0.2) is 8.42 Å². The van der Waals surface area contributed by atoms with Gasteiger partial charge in [-0.1, -0.05) is 6.92 Å². The molecular formula is C13H24N2O5S. The van der Waals surface area contributed by atoms with Crippen LogP contribution >= 0.6 is 0 Å². The van der Waals surface area contributed by atoms with Gasteiger partial charge in [0.1, 0.15) is 0 Å². The molecule has 7 nitrogen and oxygen atoms in total. The molecule has 0 aromatic heterocycles. The first-order valence-electron chi connectivity index (χ1n) is 7.40. The normalized spacial score (nSPS) is 29.8. The molecule has 1 N–H and O–H groups in total. The van der Waals surface area contributed by atoms with Crippen LogP contribution in [0.4, 0.5) is 0 Å². The quantitative estimate of drug-likeness (QED) is 0.691. The molecule has 2 aliphatic heterocycles. The van der Waals surface area contributed by atoms with E-state index in [0.717, 1.165) is 19.6 Å². The summed E-state index contributed by atoms with van der Waals surface area (Å²) in [6.07, 6.45) is 0.459. The van der Waals surface area contributed by atoms with Crippen LogP contribution in [0.5, 0.6) is 0 Å². The molecule has 0 aromatic rings. The minimum Gasteiger partial charge on any atom is -0.480 e. The molecule has 2 heterocycles. The van der Waals surface area contributed by atoms with Crippen LogP contribution in [0.3, 0.4) is 0 Å². The Labute approximate surface area is 125 Å². The number of carboxylic acids is 1. The van der Waals surface area contributed by atoms with Crippen LogP contribution in [0.2, 0.25) is 0 Å². The first-order chi connectivity index (χ1) is 9.89. The van der Waals surface area contributed by atoms with Gasteiger partial charge in [0.05, 0.1) is 30.8 Å². The molecule has 2 saturated heterocycles.